The molecule has 1 N–H and O–H groups in total. The van der Waals surface area contributed by atoms with Crippen molar-refractivity contribution in [2.24, 2.45) is 0 Å². The van der Waals surface area contributed by atoms with Crippen LogP contribution in [-0.4, -0.2) is 23.0 Å². The quantitative estimate of drug-likeness (QED) is 0.871. The lowest BCUT2D eigenvalue weighted by atomic mass is 10.1. The molecule has 0 unspecified atom stereocenters. The Balaban J connectivity index is 2.05. The van der Waals surface area contributed by atoms with Crippen LogP contribution in [0.1, 0.15) is 5.56 Å². The smallest absolute Gasteiger partial charge is 0.231 e. The molecule has 0 aliphatic heterocycles. The fraction of sp³-hybridized carbons (Fsp3) is 0.154. The van der Waals surface area contributed by atoms with E-state index in [1.807, 2.05) is 18.2 Å². The lowest BCUT2D eigenvalue weighted by molar-refractivity contribution is -0.115. The number of methoxy groups -OCH3 is 1. The molecule has 0 bridgehead atoms. The third kappa shape index (κ3) is 3.66. The Morgan fingerprint density at radius 1 is 1.37 bits per heavy atom. The van der Waals surface area contributed by atoms with Gasteiger partial charge in [0.15, 0.2) is 0 Å². The summed E-state index contributed by atoms with van der Waals surface area (Å²) in [6, 6.07) is 8.87. The van der Waals surface area contributed by atoms with Crippen molar-refractivity contribution in [1.82, 2.24) is 9.97 Å². The second-order valence-electron chi connectivity index (χ2n) is 3.74. The summed E-state index contributed by atoms with van der Waals surface area (Å²) in [6.07, 6.45) is 1.66. The van der Waals surface area contributed by atoms with Crippen molar-refractivity contribution < 1.29 is 9.53 Å². The first-order valence-corrected chi connectivity index (χ1v) is 5.97. The summed E-state index contributed by atoms with van der Waals surface area (Å²) in [4.78, 5) is 19.7. The summed E-state index contributed by atoms with van der Waals surface area (Å²) in [5.74, 6) is 0.629. The number of ether oxygens (including phenoxy) is 1. The van der Waals surface area contributed by atoms with Gasteiger partial charge in [0, 0.05) is 11.8 Å². The summed E-state index contributed by atoms with van der Waals surface area (Å²) >= 11 is 5.71. The number of amides is 1. The molecule has 98 valence electrons. The van der Waals surface area contributed by atoms with Crippen LogP contribution in [0.15, 0.2) is 36.5 Å². The van der Waals surface area contributed by atoms with E-state index in [0.29, 0.717) is 5.75 Å². The number of hydrogen-bond acceptors (Lipinski definition) is 4. The average molecular weight is 278 g/mol. The molecule has 0 saturated carbocycles. The van der Waals surface area contributed by atoms with Gasteiger partial charge in [0.05, 0.1) is 13.5 Å². The Bertz CT molecular complexity index is 590. The van der Waals surface area contributed by atoms with Crippen molar-refractivity contribution in [3.05, 3.63) is 47.2 Å². The zero-order valence-electron chi connectivity index (χ0n) is 10.3. The predicted octanol–water partition coefficient (Wildman–Crippen LogP) is 2.32. The number of hydrogen-bond donors (Lipinski definition) is 1. The number of nitrogens with one attached hydrogen (secondary N) is 1. The maximum Gasteiger partial charge on any atom is 0.231 e. The Labute approximate surface area is 115 Å². The number of anilines is 1. The third-order valence-electron chi connectivity index (χ3n) is 2.42. The first kappa shape index (κ1) is 13.3. The number of nitrogens with zero attached hydrogens (tertiary/aromatic N) is 2. The van der Waals surface area contributed by atoms with Crippen molar-refractivity contribution in [2.45, 2.75) is 6.42 Å². The maximum atomic E-state index is 11.9. The number of para-hydroxylation sites is 1. The molecule has 0 atom stereocenters. The normalized spacial score (nSPS) is 10.0. The largest absolute Gasteiger partial charge is 0.496 e. The van der Waals surface area contributed by atoms with Crippen LogP contribution >= 0.6 is 11.6 Å². The van der Waals surface area contributed by atoms with Crippen LogP contribution in [0, 0.1) is 0 Å². The molecule has 1 aromatic heterocycles. The molecule has 2 rings (SSSR count). The van der Waals surface area contributed by atoms with Crippen molar-refractivity contribution in [1.29, 1.82) is 0 Å². The second kappa shape index (κ2) is 6.15. The van der Waals surface area contributed by atoms with Gasteiger partial charge < -0.3 is 4.74 Å². The highest BCUT2D eigenvalue weighted by molar-refractivity contribution is 6.29. The van der Waals surface area contributed by atoms with Crippen LogP contribution in [0.4, 0.5) is 5.95 Å². The Morgan fingerprint density at radius 3 is 2.89 bits per heavy atom. The molecule has 2 aromatic rings. The number of carbonyl (C=O) groups excluding carboxylic acids is 1. The van der Waals surface area contributed by atoms with Gasteiger partial charge in [-0.1, -0.05) is 29.8 Å². The maximum absolute atomic E-state index is 11.9. The number of halogens is 1. The lowest BCUT2D eigenvalue weighted by Crippen LogP contribution is -2.16. The van der Waals surface area contributed by atoms with Gasteiger partial charge in [0.25, 0.3) is 0 Å². The molecule has 19 heavy (non-hydrogen) atoms. The minimum Gasteiger partial charge on any atom is -0.496 e. The van der Waals surface area contributed by atoms with Gasteiger partial charge >= 0.3 is 0 Å². The van der Waals surface area contributed by atoms with E-state index in [4.69, 9.17) is 16.3 Å². The molecule has 0 aliphatic rings. The summed E-state index contributed by atoms with van der Waals surface area (Å²) < 4.78 is 5.18. The van der Waals surface area contributed by atoms with E-state index < -0.39 is 0 Å². The van der Waals surface area contributed by atoms with E-state index in [0.717, 1.165) is 5.56 Å². The van der Waals surface area contributed by atoms with Gasteiger partial charge in [-0.3, -0.25) is 10.1 Å². The van der Waals surface area contributed by atoms with Gasteiger partial charge in [0.2, 0.25) is 11.9 Å². The molecule has 6 heteroatoms. The van der Waals surface area contributed by atoms with Crippen LogP contribution in [0.25, 0.3) is 0 Å². The van der Waals surface area contributed by atoms with E-state index in [9.17, 15) is 4.79 Å². The minimum atomic E-state index is -0.230. The SMILES string of the molecule is COc1ccccc1CC(=O)Nc1nccc(Cl)n1. The highest BCUT2D eigenvalue weighted by atomic mass is 35.5. The molecule has 1 amide bonds. The molecule has 0 spiro atoms. The van der Waals surface area contributed by atoms with Crippen molar-refractivity contribution in [2.75, 3.05) is 12.4 Å². The number of carbonyl (C=O) groups is 1. The molecule has 1 aromatic carbocycles. The van der Waals surface area contributed by atoms with E-state index in [1.165, 1.54) is 12.3 Å². The summed E-state index contributed by atoms with van der Waals surface area (Å²) in [7, 11) is 1.57. The Morgan fingerprint density at radius 2 is 2.16 bits per heavy atom. The van der Waals surface area contributed by atoms with E-state index >= 15 is 0 Å². The monoisotopic (exact) mass is 277 g/mol. The average Bonchev–Trinajstić information content (AvgIpc) is 2.39. The topological polar surface area (TPSA) is 64.1 Å². The minimum absolute atomic E-state index is 0.180. The highest BCUT2D eigenvalue weighted by Gasteiger charge is 2.09. The van der Waals surface area contributed by atoms with E-state index in [2.05, 4.69) is 15.3 Å². The van der Waals surface area contributed by atoms with E-state index in [1.54, 1.807) is 13.2 Å². The standard InChI is InChI=1S/C13H12ClN3O2/c1-19-10-5-3-2-4-9(10)8-12(18)17-13-15-7-6-11(14)16-13/h2-7H,8H2,1H3,(H,15,16,17,18). The van der Waals surface area contributed by atoms with Crippen LogP contribution in [0.5, 0.6) is 5.75 Å². The molecule has 5 nitrogen and oxygen atoms in total. The van der Waals surface area contributed by atoms with Crippen LogP contribution in [0.2, 0.25) is 5.15 Å². The number of benzene rings is 1. The zero-order chi connectivity index (χ0) is 13.7. The molecular formula is C13H12ClN3O2. The fourth-order valence-corrected chi connectivity index (χ4v) is 1.72. The zero-order valence-corrected chi connectivity index (χ0v) is 11.0. The second-order valence-corrected chi connectivity index (χ2v) is 4.13. The van der Waals surface area contributed by atoms with Gasteiger partial charge in [-0.15, -0.1) is 0 Å². The Kier molecular flexibility index (Phi) is 4.30. The molecular weight excluding hydrogens is 266 g/mol. The first-order chi connectivity index (χ1) is 9.19. The lowest BCUT2D eigenvalue weighted by Gasteiger charge is -2.08. The first-order valence-electron chi connectivity index (χ1n) is 5.59. The fourth-order valence-electron chi connectivity index (χ4n) is 1.59. The van der Waals surface area contributed by atoms with Crippen molar-refractivity contribution in [3.8, 4) is 5.75 Å². The molecule has 1 heterocycles. The number of rotatable bonds is 4. The van der Waals surface area contributed by atoms with Gasteiger partial charge in [0.1, 0.15) is 10.9 Å². The van der Waals surface area contributed by atoms with Gasteiger partial charge in [-0.25, -0.2) is 9.97 Å². The van der Waals surface area contributed by atoms with Crippen LogP contribution in [0.3, 0.4) is 0 Å². The third-order valence-corrected chi connectivity index (χ3v) is 2.63. The molecule has 0 fully saturated rings. The van der Waals surface area contributed by atoms with Crippen molar-refractivity contribution >= 4 is 23.5 Å². The van der Waals surface area contributed by atoms with E-state index in [-0.39, 0.29) is 23.4 Å². The van der Waals surface area contributed by atoms with Gasteiger partial charge in [-0.2, -0.15) is 0 Å². The van der Waals surface area contributed by atoms with Crippen LogP contribution < -0.4 is 10.1 Å². The predicted molar refractivity (Wildman–Crippen MR) is 72.4 cm³/mol. The Hall–Kier alpha value is -2.14. The molecule has 0 saturated heterocycles. The summed E-state index contributed by atoms with van der Waals surface area (Å²) in [6.45, 7) is 0. The number of aromatic nitrogens is 2. The molecule has 0 radical (unpaired) electrons. The summed E-state index contributed by atoms with van der Waals surface area (Å²) in [5, 5.41) is 2.86. The van der Waals surface area contributed by atoms with Gasteiger partial charge in [-0.05, 0) is 12.1 Å². The van der Waals surface area contributed by atoms with Crippen LogP contribution in [-0.2, 0) is 11.2 Å². The highest BCUT2D eigenvalue weighted by Crippen LogP contribution is 2.18. The van der Waals surface area contributed by atoms with Crippen molar-refractivity contribution in [3.63, 3.8) is 0 Å². The summed E-state index contributed by atoms with van der Waals surface area (Å²) in [5.41, 5.74) is 0.796. The molecule has 0 aliphatic carbocycles.